The predicted octanol–water partition coefficient (Wildman–Crippen LogP) is 1.63. The largest absolute Gasteiger partial charge is 0.355 e. The van der Waals surface area contributed by atoms with E-state index in [0.29, 0.717) is 11.3 Å². The van der Waals surface area contributed by atoms with Crippen molar-refractivity contribution in [2.24, 2.45) is 0 Å². The minimum atomic E-state index is -0.298. The molecule has 2 aromatic rings. The van der Waals surface area contributed by atoms with Gasteiger partial charge in [-0.25, -0.2) is 9.78 Å². The Morgan fingerprint density at radius 2 is 2.11 bits per heavy atom. The standard InChI is InChI=1S/C13H14N4O2/c1-9-7-10(12(18)14-2)3-4-11(9)16-13(19)17-6-5-15-8-17/h3-8H,1-2H3,(H,14,18)(H,16,19). The molecule has 0 bridgehead atoms. The number of nitrogens with one attached hydrogen (secondary N) is 2. The van der Waals surface area contributed by atoms with E-state index >= 15 is 0 Å². The molecule has 1 aromatic heterocycles. The Bertz CT molecular complexity index is 605. The summed E-state index contributed by atoms with van der Waals surface area (Å²) in [7, 11) is 1.58. The summed E-state index contributed by atoms with van der Waals surface area (Å²) in [5.41, 5.74) is 2.03. The summed E-state index contributed by atoms with van der Waals surface area (Å²) >= 11 is 0. The third-order valence-electron chi connectivity index (χ3n) is 2.70. The van der Waals surface area contributed by atoms with Crippen molar-refractivity contribution in [3.8, 4) is 0 Å². The fourth-order valence-corrected chi connectivity index (χ4v) is 1.65. The van der Waals surface area contributed by atoms with Gasteiger partial charge < -0.3 is 10.6 Å². The van der Waals surface area contributed by atoms with Crippen molar-refractivity contribution in [3.05, 3.63) is 48.0 Å². The highest BCUT2D eigenvalue weighted by Crippen LogP contribution is 2.16. The Morgan fingerprint density at radius 1 is 1.32 bits per heavy atom. The maximum absolute atomic E-state index is 11.8. The minimum absolute atomic E-state index is 0.157. The molecule has 1 aromatic carbocycles. The summed E-state index contributed by atoms with van der Waals surface area (Å²) < 4.78 is 1.34. The first kappa shape index (κ1) is 12.8. The summed E-state index contributed by atoms with van der Waals surface area (Å²) in [6.07, 6.45) is 4.51. The average molecular weight is 258 g/mol. The van der Waals surface area contributed by atoms with Gasteiger partial charge in [-0.2, -0.15) is 0 Å². The summed E-state index contributed by atoms with van der Waals surface area (Å²) in [6.45, 7) is 1.83. The van der Waals surface area contributed by atoms with Crippen molar-refractivity contribution in [1.82, 2.24) is 14.9 Å². The van der Waals surface area contributed by atoms with Crippen LogP contribution >= 0.6 is 0 Å². The third kappa shape index (κ3) is 2.79. The number of aryl methyl sites for hydroxylation is 1. The van der Waals surface area contributed by atoms with Gasteiger partial charge in [0.25, 0.3) is 5.91 Å². The van der Waals surface area contributed by atoms with Crippen molar-refractivity contribution >= 4 is 17.6 Å². The minimum Gasteiger partial charge on any atom is -0.355 e. The first-order chi connectivity index (χ1) is 9.11. The van der Waals surface area contributed by atoms with E-state index < -0.39 is 0 Å². The molecule has 0 fully saturated rings. The van der Waals surface area contributed by atoms with Crippen LogP contribution in [-0.2, 0) is 0 Å². The van der Waals surface area contributed by atoms with Crippen molar-refractivity contribution in [2.45, 2.75) is 6.92 Å². The Labute approximate surface area is 110 Å². The number of anilines is 1. The first-order valence-electron chi connectivity index (χ1n) is 5.74. The maximum atomic E-state index is 11.8. The van der Waals surface area contributed by atoms with Crippen LogP contribution in [0.4, 0.5) is 10.5 Å². The molecule has 0 saturated carbocycles. The van der Waals surface area contributed by atoms with Crippen LogP contribution in [0.15, 0.2) is 36.9 Å². The van der Waals surface area contributed by atoms with Crippen LogP contribution in [-0.4, -0.2) is 28.5 Å². The fraction of sp³-hybridized carbons (Fsp3) is 0.154. The zero-order valence-electron chi connectivity index (χ0n) is 10.7. The number of carbonyl (C=O) groups is 2. The number of amides is 2. The summed E-state index contributed by atoms with van der Waals surface area (Å²) in [5, 5.41) is 5.30. The molecule has 2 rings (SSSR count). The molecular weight excluding hydrogens is 244 g/mol. The van der Waals surface area contributed by atoms with Gasteiger partial charge >= 0.3 is 6.03 Å². The lowest BCUT2D eigenvalue weighted by molar-refractivity contribution is 0.0963. The van der Waals surface area contributed by atoms with Crippen LogP contribution in [0.5, 0.6) is 0 Å². The van der Waals surface area contributed by atoms with Gasteiger partial charge in [0.15, 0.2) is 0 Å². The molecule has 0 saturated heterocycles. The van der Waals surface area contributed by atoms with E-state index in [-0.39, 0.29) is 11.9 Å². The summed E-state index contributed by atoms with van der Waals surface area (Å²) in [6, 6.07) is 4.79. The lowest BCUT2D eigenvalue weighted by atomic mass is 10.1. The molecule has 19 heavy (non-hydrogen) atoms. The van der Waals surface area contributed by atoms with Crippen LogP contribution < -0.4 is 10.6 Å². The van der Waals surface area contributed by atoms with E-state index in [0.717, 1.165) is 5.56 Å². The van der Waals surface area contributed by atoms with Gasteiger partial charge in [0, 0.05) is 30.7 Å². The summed E-state index contributed by atoms with van der Waals surface area (Å²) in [5.74, 6) is -0.157. The fourth-order valence-electron chi connectivity index (χ4n) is 1.65. The lowest BCUT2D eigenvalue weighted by Gasteiger charge is -2.09. The molecule has 0 aliphatic carbocycles. The van der Waals surface area contributed by atoms with Gasteiger partial charge in [0.1, 0.15) is 6.33 Å². The molecular formula is C13H14N4O2. The van der Waals surface area contributed by atoms with Gasteiger partial charge in [0.2, 0.25) is 0 Å². The Hall–Kier alpha value is -2.63. The zero-order valence-corrected chi connectivity index (χ0v) is 10.7. The Kier molecular flexibility index (Phi) is 3.61. The van der Waals surface area contributed by atoms with Gasteiger partial charge in [-0.15, -0.1) is 0 Å². The monoisotopic (exact) mass is 258 g/mol. The number of rotatable bonds is 2. The molecule has 1 heterocycles. The number of carbonyl (C=O) groups excluding carboxylic acids is 2. The molecule has 6 nitrogen and oxygen atoms in total. The first-order valence-corrected chi connectivity index (χ1v) is 5.74. The topological polar surface area (TPSA) is 76.0 Å². The molecule has 2 amide bonds. The van der Waals surface area contributed by atoms with Crippen molar-refractivity contribution in [2.75, 3.05) is 12.4 Å². The number of nitrogens with zero attached hydrogens (tertiary/aromatic N) is 2. The van der Waals surface area contributed by atoms with Crippen LogP contribution in [0.3, 0.4) is 0 Å². The Balaban J connectivity index is 2.18. The molecule has 98 valence electrons. The average Bonchev–Trinajstić information content (AvgIpc) is 2.94. The number of imidazole rings is 1. The number of hydrogen-bond acceptors (Lipinski definition) is 3. The van der Waals surface area contributed by atoms with Crippen molar-refractivity contribution in [3.63, 3.8) is 0 Å². The second kappa shape index (κ2) is 5.34. The van der Waals surface area contributed by atoms with Gasteiger partial charge in [0.05, 0.1) is 0 Å². The highest BCUT2D eigenvalue weighted by atomic mass is 16.2. The summed E-state index contributed by atoms with van der Waals surface area (Å²) in [4.78, 5) is 27.1. The number of aromatic nitrogens is 2. The predicted molar refractivity (Wildman–Crippen MR) is 71.2 cm³/mol. The normalized spacial score (nSPS) is 10.0. The molecule has 0 unspecified atom stereocenters. The van der Waals surface area contributed by atoms with Crippen LogP contribution in [0.2, 0.25) is 0 Å². The highest BCUT2D eigenvalue weighted by Gasteiger charge is 2.09. The molecule has 6 heteroatoms. The van der Waals surface area contributed by atoms with Crippen molar-refractivity contribution < 1.29 is 9.59 Å². The van der Waals surface area contributed by atoms with E-state index in [1.54, 1.807) is 31.4 Å². The maximum Gasteiger partial charge on any atom is 0.331 e. The third-order valence-corrected chi connectivity index (χ3v) is 2.70. The highest BCUT2D eigenvalue weighted by molar-refractivity contribution is 5.96. The van der Waals surface area contributed by atoms with E-state index in [4.69, 9.17) is 0 Å². The van der Waals surface area contributed by atoms with Crippen LogP contribution in [0, 0.1) is 6.92 Å². The number of hydrogen-bond donors (Lipinski definition) is 2. The molecule has 2 N–H and O–H groups in total. The van der Waals surface area contributed by atoms with E-state index in [2.05, 4.69) is 15.6 Å². The van der Waals surface area contributed by atoms with Gasteiger partial charge in [-0.05, 0) is 30.7 Å². The quantitative estimate of drug-likeness (QED) is 0.859. The second-order valence-corrected chi connectivity index (χ2v) is 4.01. The SMILES string of the molecule is CNC(=O)c1ccc(NC(=O)n2ccnc2)c(C)c1. The molecule has 0 aliphatic heterocycles. The van der Waals surface area contributed by atoms with Gasteiger partial charge in [-0.3, -0.25) is 9.36 Å². The molecule has 0 spiro atoms. The number of benzene rings is 1. The lowest BCUT2D eigenvalue weighted by Crippen LogP contribution is -2.20. The van der Waals surface area contributed by atoms with Crippen molar-refractivity contribution in [1.29, 1.82) is 0 Å². The van der Waals surface area contributed by atoms with E-state index in [1.807, 2.05) is 6.92 Å². The van der Waals surface area contributed by atoms with Crippen LogP contribution in [0.25, 0.3) is 0 Å². The molecule has 0 atom stereocenters. The second-order valence-electron chi connectivity index (χ2n) is 4.01. The molecule has 0 aliphatic rings. The zero-order chi connectivity index (χ0) is 13.8. The Morgan fingerprint density at radius 3 is 2.68 bits per heavy atom. The van der Waals surface area contributed by atoms with E-state index in [9.17, 15) is 9.59 Å². The van der Waals surface area contributed by atoms with Gasteiger partial charge in [-0.1, -0.05) is 0 Å². The molecule has 0 radical (unpaired) electrons. The smallest absolute Gasteiger partial charge is 0.331 e. The van der Waals surface area contributed by atoms with E-state index in [1.165, 1.54) is 17.1 Å². The van der Waals surface area contributed by atoms with Crippen LogP contribution in [0.1, 0.15) is 15.9 Å².